The molecule has 0 spiro atoms. The third kappa shape index (κ3) is 8.81. The number of aromatic nitrogens is 2. The van der Waals surface area contributed by atoms with Gasteiger partial charge in [0.2, 0.25) is 5.28 Å². The first-order chi connectivity index (χ1) is 15.0. The van der Waals surface area contributed by atoms with Crippen LogP contribution in [0.25, 0.3) is 0 Å². The third-order valence-corrected chi connectivity index (χ3v) is 4.36. The third-order valence-electron chi connectivity index (χ3n) is 3.91. The van der Waals surface area contributed by atoms with Gasteiger partial charge in [0.1, 0.15) is 16.4 Å². The summed E-state index contributed by atoms with van der Waals surface area (Å²) >= 11 is 11.7. The maximum Gasteiger partial charge on any atom is 0.410 e. The molecule has 0 saturated carbocycles. The summed E-state index contributed by atoms with van der Waals surface area (Å²) in [5, 5.41) is 14.4. The topological polar surface area (TPSA) is 120 Å². The summed E-state index contributed by atoms with van der Waals surface area (Å²) in [5.74, 6) is 0.399. The van der Waals surface area contributed by atoms with Gasteiger partial charge in [-0.15, -0.1) is 0 Å². The molecule has 0 radical (unpaired) electrons. The van der Waals surface area contributed by atoms with E-state index in [1.54, 1.807) is 32.9 Å². The predicted octanol–water partition coefficient (Wildman–Crippen LogP) is 4.56. The lowest BCUT2D eigenvalue weighted by molar-refractivity contribution is -0.384. The minimum absolute atomic E-state index is 0.0440. The van der Waals surface area contributed by atoms with Gasteiger partial charge in [0.05, 0.1) is 24.3 Å². The molecule has 1 heterocycles. The normalized spacial score (nSPS) is 11.2. The van der Waals surface area contributed by atoms with E-state index in [1.807, 2.05) is 0 Å². The smallest absolute Gasteiger partial charge is 0.410 e. The number of nitrogens with zero attached hydrogens (tertiary/aromatic N) is 4. The highest BCUT2D eigenvalue weighted by atomic mass is 35.5. The number of nitro groups is 1. The number of benzene rings is 1. The molecule has 0 fully saturated rings. The van der Waals surface area contributed by atoms with Gasteiger partial charge in [0.25, 0.3) is 5.69 Å². The summed E-state index contributed by atoms with van der Waals surface area (Å²) in [7, 11) is 0. The molecule has 1 N–H and O–H groups in total. The van der Waals surface area contributed by atoms with Crippen LogP contribution in [-0.4, -0.2) is 57.8 Å². The molecule has 32 heavy (non-hydrogen) atoms. The van der Waals surface area contributed by atoms with E-state index in [0.29, 0.717) is 29.6 Å². The lowest BCUT2D eigenvalue weighted by Gasteiger charge is -2.27. The van der Waals surface area contributed by atoms with Crippen LogP contribution in [0, 0.1) is 10.1 Å². The molecule has 0 saturated heterocycles. The molecular formula is C20H25Cl2N5O5. The Morgan fingerprint density at radius 2 is 2.03 bits per heavy atom. The predicted molar refractivity (Wildman–Crippen MR) is 121 cm³/mol. The summed E-state index contributed by atoms with van der Waals surface area (Å²) in [5.41, 5.74) is -0.111. The number of hydrogen-bond acceptors (Lipinski definition) is 8. The molecule has 0 aliphatic heterocycles. The molecule has 2 aromatic rings. The second-order valence-corrected chi connectivity index (χ2v) is 8.45. The highest BCUT2D eigenvalue weighted by Gasteiger charge is 2.22. The van der Waals surface area contributed by atoms with Crippen LogP contribution < -0.4 is 5.32 Å². The van der Waals surface area contributed by atoms with Gasteiger partial charge in [-0.1, -0.05) is 23.7 Å². The molecule has 1 aromatic heterocycles. The van der Waals surface area contributed by atoms with Crippen molar-refractivity contribution in [1.82, 2.24) is 14.9 Å². The van der Waals surface area contributed by atoms with Gasteiger partial charge in [-0.05, 0) is 37.9 Å². The summed E-state index contributed by atoms with van der Waals surface area (Å²) in [4.78, 5) is 32.4. The molecule has 0 atom stereocenters. The quantitative estimate of drug-likeness (QED) is 0.225. The van der Waals surface area contributed by atoms with Gasteiger partial charge >= 0.3 is 6.09 Å². The van der Waals surface area contributed by atoms with E-state index in [9.17, 15) is 14.9 Å². The van der Waals surface area contributed by atoms with Gasteiger partial charge in [0, 0.05) is 31.8 Å². The molecule has 2 rings (SSSR count). The van der Waals surface area contributed by atoms with Crippen molar-refractivity contribution < 1.29 is 19.2 Å². The van der Waals surface area contributed by atoms with E-state index in [1.165, 1.54) is 23.2 Å². The number of nitrogens with one attached hydrogen (secondary N) is 1. The molecule has 0 bridgehead atoms. The summed E-state index contributed by atoms with van der Waals surface area (Å²) in [6, 6.07) is 6.12. The number of halogens is 2. The Hall–Kier alpha value is -2.69. The summed E-state index contributed by atoms with van der Waals surface area (Å²) in [6.07, 6.45) is 0.861. The number of ether oxygens (including phenoxy) is 2. The molecule has 10 nitrogen and oxygen atoms in total. The summed E-state index contributed by atoms with van der Waals surface area (Å²) < 4.78 is 11.1. The Morgan fingerprint density at radius 1 is 1.28 bits per heavy atom. The first-order valence-electron chi connectivity index (χ1n) is 9.76. The number of nitro benzene ring substituents is 1. The minimum Gasteiger partial charge on any atom is -0.444 e. The molecule has 1 amide bonds. The van der Waals surface area contributed by atoms with Crippen molar-refractivity contribution in [3.05, 3.63) is 56.4 Å². The van der Waals surface area contributed by atoms with Crippen LogP contribution in [-0.2, 0) is 16.0 Å². The van der Waals surface area contributed by atoms with Crippen molar-refractivity contribution in [3.8, 4) is 0 Å². The van der Waals surface area contributed by atoms with Crippen LogP contribution in [0.3, 0.4) is 0 Å². The molecular weight excluding hydrogens is 461 g/mol. The number of hydrogen-bond donors (Lipinski definition) is 1. The Bertz CT molecular complexity index is 939. The van der Waals surface area contributed by atoms with Gasteiger partial charge in [-0.25, -0.2) is 9.78 Å². The molecule has 1 aromatic carbocycles. The lowest BCUT2D eigenvalue weighted by atomic mass is 10.2. The zero-order valence-corrected chi connectivity index (χ0v) is 19.5. The largest absolute Gasteiger partial charge is 0.444 e. The average Bonchev–Trinajstić information content (AvgIpc) is 2.71. The fraction of sp³-hybridized carbons (Fsp3) is 0.450. The van der Waals surface area contributed by atoms with Crippen molar-refractivity contribution in [1.29, 1.82) is 0 Å². The fourth-order valence-electron chi connectivity index (χ4n) is 2.54. The number of anilines is 1. The first kappa shape index (κ1) is 25.6. The molecule has 0 aliphatic rings. The number of carbonyl (C=O) groups excluding carboxylic acids is 1. The Kier molecular flexibility index (Phi) is 9.42. The van der Waals surface area contributed by atoms with E-state index < -0.39 is 16.6 Å². The van der Waals surface area contributed by atoms with Crippen molar-refractivity contribution >= 4 is 40.8 Å². The van der Waals surface area contributed by atoms with E-state index in [-0.39, 0.29) is 30.7 Å². The standard InChI is InChI=1S/C20H25Cl2N5O5/c1-20(2,3)32-19(28)26(13-14-5-4-6-15(11-14)27(29)30)8-10-31-9-7-23-17-16(21)12-24-18(22)25-17/h4-6,11-12H,7-10,13H2,1-3H3,(H,23,24,25). The van der Waals surface area contributed by atoms with Gasteiger partial charge in [-0.3, -0.25) is 10.1 Å². The van der Waals surface area contributed by atoms with Crippen LogP contribution in [0.5, 0.6) is 0 Å². The second kappa shape index (κ2) is 11.8. The number of amides is 1. The van der Waals surface area contributed by atoms with Crippen molar-refractivity contribution in [3.63, 3.8) is 0 Å². The summed E-state index contributed by atoms with van der Waals surface area (Å²) in [6.45, 7) is 6.63. The van der Waals surface area contributed by atoms with Gasteiger partial charge in [0.15, 0.2) is 0 Å². The highest BCUT2D eigenvalue weighted by molar-refractivity contribution is 6.33. The number of non-ortho nitro benzene ring substituents is 1. The Balaban J connectivity index is 1.90. The number of carbonyl (C=O) groups is 1. The second-order valence-electron chi connectivity index (χ2n) is 7.70. The Labute approximate surface area is 196 Å². The van der Waals surface area contributed by atoms with Gasteiger partial charge in [-0.2, -0.15) is 4.98 Å². The Morgan fingerprint density at radius 3 is 2.72 bits per heavy atom. The minimum atomic E-state index is -0.680. The van der Waals surface area contributed by atoms with E-state index in [2.05, 4.69) is 15.3 Å². The zero-order valence-electron chi connectivity index (χ0n) is 18.0. The zero-order chi connectivity index (χ0) is 23.7. The van der Waals surface area contributed by atoms with E-state index in [4.69, 9.17) is 32.7 Å². The van der Waals surface area contributed by atoms with Crippen LogP contribution in [0.4, 0.5) is 16.3 Å². The molecule has 12 heteroatoms. The van der Waals surface area contributed by atoms with Crippen LogP contribution in [0.15, 0.2) is 30.5 Å². The van der Waals surface area contributed by atoms with Crippen molar-refractivity contribution in [2.45, 2.75) is 32.9 Å². The fourth-order valence-corrected chi connectivity index (χ4v) is 2.83. The SMILES string of the molecule is CC(C)(C)OC(=O)N(CCOCCNc1nc(Cl)ncc1Cl)Cc1cccc([N+](=O)[O-])c1. The number of rotatable bonds is 10. The molecule has 0 unspecified atom stereocenters. The maximum absolute atomic E-state index is 12.6. The lowest BCUT2D eigenvalue weighted by Crippen LogP contribution is -2.38. The van der Waals surface area contributed by atoms with E-state index >= 15 is 0 Å². The van der Waals surface area contributed by atoms with Gasteiger partial charge < -0.3 is 19.7 Å². The highest BCUT2D eigenvalue weighted by Crippen LogP contribution is 2.19. The molecule has 174 valence electrons. The van der Waals surface area contributed by atoms with Crippen LogP contribution >= 0.6 is 23.2 Å². The van der Waals surface area contributed by atoms with Crippen LogP contribution in [0.1, 0.15) is 26.3 Å². The average molecular weight is 486 g/mol. The van der Waals surface area contributed by atoms with Crippen molar-refractivity contribution in [2.75, 3.05) is 31.6 Å². The van der Waals surface area contributed by atoms with E-state index in [0.717, 1.165) is 0 Å². The molecule has 0 aliphatic carbocycles. The van der Waals surface area contributed by atoms with Crippen LogP contribution in [0.2, 0.25) is 10.3 Å². The maximum atomic E-state index is 12.6. The first-order valence-corrected chi connectivity index (χ1v) is 10.5. The van der Waals surface area contributed by atoms with Crippen molar-refractivity contribution in [2.24, 2.45) is 0 Å². The monoisotopic (exact) mass is 485 g/mol.